The highest BCUT2D eigenvalue weighted by Crippen LogP contribution is 2.50. The SMILES string of the molecule is COc1ccc2c(c1)[C@@]1(C)CC[C@@H](O)C[C@@H]1CC2. The van der Waals surface area contributed by atoms with E-state index >= 15 is 0 Å². The molecule has 98 valence electrons. The molecule has 1 fully saturated rings. The van der Waals surface area contributed by atoms with Crippen molar-refractivity contribution in [1.82, 2.24) is 0 Å². The minimum Gasteiger partial charge on any atom is -0.497 e. The van der Waals surface area contributed by atoms with Crippen LogP contribution in [0.4, 0.5) is 0 Å². The fourth-order valence-corrected chi connectivity index (χ4v) is 3.93. The average molecular weight is 246 g/mol. The molecule has 2 nitrogen and oxygen atoms in total. The van der Waals surface area contributed by atoms with Gasteiger partial charge in [0.25, 0.3) is 0 Å². The quantitative estimate of drug-likeness (QED) is 0.825. The van der Waals surface area contributed by atoms with Crippen LogP contribution in [0.1, 0.15) is 43.7 Å². The molecule has 0 aliphatic heterocycles. The highest BCUT2D eigenvalue weighted by molar-refractivity contribution is 5.43. The monoisotopic (exact) mass is 246 g/mol. The molecule has 2 aliphatic rings. The second kappa shape index (κ2) is 4.27. The number of rotatable bonds is 1. The van der Waals surface area contributed by atoms with Gasteiger partial charge in [-0.3, -0.25) is 0 Å². The molecule has 0 unspecified atom stereocenters. The summed E-state index contributed by atoms with van der Waals surface area (Å²) in [4.78, 5) is 0. The fraction of sp³-hybridized carbons (Fsp3) is 0.625. The van der Waals surface area contributed by atoms with Crippen molar-refractivity contribution in [3.63, 3.8) is 0 Å². The Morgan fingerprint density at radius 2 is 2.17 bits per heavy atom. The molecule has 3 atom stereocenters. The molecule has 0 saturated heterocycles. The van der Waals surface area contributed by atoms with Crippen LogP contribution in [0, 0.1) is 5.92 Å². The maximum atomic E-state index is 9.89. The topological polar surface area (TPSA) is 29.5 Å². The zero-order valence-electron chi connectivity index (χ0n) is 11.3. The van der Waals surface area contributed by atoms with Crippen LogP contribution in [0.3, 0.4) is 0 Å². The van der Waals surface area contributed by atoms with Gasteiger partial charge in [0.1, 0.15) is 5.75 Å². The Balaban J connectivity index is 2.04. The average Bonchev–Trinajstić information content (AvgIpc) is 2.39. The van der Waals surface area contributed by atoms with Crippen LogP contribution in [-0.2, 0) is 11.8 Å². The van der Waals surface area contributed by atoms with Crippen LogP contribution < -0.4 is 4.74 Å². The number of benzene rings is 1. The molecule has 3 rings (SSSR count). The number of aliphatic hydroxyl groups excluding tert-OH is 1. The Kier molecular flexibility index (Phi) is 2.86. The van der Waals surface area contributed by atoms with Crippen LogP contribution in [0.2, 0.25) is 0 Å². The number of fused-ring (bicyclic) bond motifs is 3. The third-order valence-electron chi connectivity index (χ3n) is 5.15. The van der Waals surface area contributed by atoms with Crippen LogP contribution in [0.25, 0.3) is 0 Å². The minimum atomic E-state index is -0.0877. The highest BCUT2D eigenvalue weighted by atomic mass is 16.5. The van der Waals surface area contributed by atoms with Gasteiger partial charge in [0.05, 0.1) is 13.2 Å². The van der Waals surface area contributed by atoms with Crippen molar-refractivity contribution in [2.24, 2.45) is 5.92 Å². The lowest BCUT2D eigenvalue weighted by atomic mass is 9.58. The lowest BCUT2D eigenvalue weighted by molar-refractivity contribution is 0.0483. The van der Waals surface area contributed by atoms with Crippen LogP contribution >= 0.6 is 0 Å². The largest absolute Gasteiger partial charge is 0.497 e. The smallest absolute Gasteiger partial charge is 0.119 e. The van der Waals surface area contributed by atoms with Gasteiger partial charge in [0.15, 0.2) is 0 Å². The molecular weight excluding hydrogens is 224 g/mol. The molecule has 18 heavy (non-hydrogen) atoms. The molecule has 0 spiro atoms. The van der Waals surface area contributed by atoms with E-state index in [9.17, 15) is 5.11 Å². The highest BCUT2D eigenvalue weighted by Gasteiger charge is 2.44. The van der Waals surface area contributed by atoms with Crippen molar-refractivity contribution in [3.8, 4) is 5.75 Å². The predicted molar refractivity (Wildman–Crippen MR) is 72.0 cm³/mol. The minimum absolute atomic E-state index is 0.0877. The Morgan fingerprint density at radius 1 is 1.33 bits per heavy atom. The summed E-state index contributed by atoms with van der Waals surface area (Å²) in [5.41, 5.74) is 3.18. The lowest BCUT2D eigenvalue weighted by Crippen LogP contribution is -2.43. The van der Waals surface area contributed by atoms with Gasteiger partial charge in [-0.05, 0) is 66.7 Å². The Morgan fingerprint density at radius 3 is 2.94 bits per heavy atom. The summed E-state index contributed by atoms with van der Waals surface area (Å²) in [5, 5.41) is 9.89. The van der Waals surface area contributed by atoms with Crippen molar-refractivity contribution in [1.29, 1.82) is 0 Å². The molecule has 0 bridgehead atoms. The standard InChI is InChI=1S/C16H22O2/c1-16-8-7-13(17)9-12(16)5-3-11-4-6-14(18-2)10-15(11)16/h4,6,10,12-13,17H,3,5,7-9H2,1-2H3/t12-,13+,16-/m0/s1. The maximum absolute atomic E-state index is 9.89. The number of ether oxygens (including phenoxy) is 1. The van der Waals surface area contributed by atoms with E-state index in [1.807, 2.05) is 0 Å². The van der Waals surface area contributed by atoms with E-state index in [4.69, 9.17) is 4.74 Å². The van der Waals surface area contributed by atoms with Gasteiger partial charge in [0, 0.05) is 0 Å². The van der Waals surface area contributed by atoms with Crippen molar-refractivity contribution in [2.45, 2.75) is 50.5 Å². The Hall–Kier alpha value is -1.02. The van der Waals surface area contributed by atoms with Gasteiger partial charge >= 0.3 is 0 Å². The first-order chi connectivity index (χ1) is 8.63. The van der Waals surface area contributed by atoms with Crippen LogP contribution in [0.5, 0.6) is 5.75 Å². The molecule has 1 N–H and O–H groups in total. The molecule has 0 radical (unpaired) electrons. The number of hydrogen-bond donors (Lipinski definition) is 1. The van der Waals surface area contributed by atoms with Crippen LogP contribution in [-0.4, -0.2) is 18.3 Å². The van der Waals surface area contributed by atoms with E-state index in [0.717, 1.165) is 31.4 Å². The molecule has 0 aromatic heterocycles. The summed E-state index contributed by atoms with van der Waals surface area (Å²) in [6.07, 6.45) is 5.27. The van der Waals surface area contributed by atoms with E-state index in [1.165, 1.54) is 17.5 Å². The van der Waals surface area contributed by atoms with Crippen molar-refractivity contribution in [2.75, 3.05) is 7.11 Å². The molecule has 1 saturated carbocycles. The number of methoxy groups -OCH3 is 1. The second-order valence-electron chi connectivity index (χ2n) is 6.10. The zero-order valence-corrected chi connectivity index (χ0v) is 11.3. The van der Waals surface area contributed by atoms with Crippen LogP contribution in [0.15, 0.2) is 18.2 Å². The number of aliphatic hydroxyl groups is 1. The summed E-state index contributed by atoms with van der Waals surface area (Å²) >= 11 is 0. The van der Waals surface area contributed by atoms with Crippen molar-refractivity contribution < 1.29 is 9.84 Å². The molecule has 2 aliphatic carbocycles. The second-order valence-corrected chi connectivity index (χ2v) is 6.10. The molecule has 0 heterocycles. The van der Waals surface area contributed by atoms with Gasteiger partial charge in [-0.15, -0.1) is 0 Å². The van der Waals surface area contributed by atoms with E-state index in [0.29, 0.717) is 5.92 Å². The first-order valence-corrected chi connectivity index (χ1v) is 6.99. The third-order valence-corrected chi connectivity index (χ3v) is 5.15. The van der Waals surface area contributed by atoms with Gasteiger partial charge in [0.2, 0.25) is 0 Å². The first kappa shape index (κ1) is 12.0. The number of hydrogen-bond acceptors (Lipinski definition) is 2. The Labute approximate surface area is 109 Å². The lowest BCUT2D eigenvalue weighted by Gasteiger charge is -2.47. The normalized spacial score (nSPS) is 34.6. The molecule has 1 aromatic carbocycles. The summed E-state index contributed by atoms with van der Waals surface area (Å²) < 4.78 is 5.38. The molecule has 0 amide bonds. The molecule has 2 heteroatoms. The Bertz CT molecular complexity index is 454. The summed E-state index contributed by atoms with van der Waals surface area (Å²) in [6.45, 7) is 2.38. The fourth-order valence-electron chi connectivity index (χ4n) is 3.93. The van der Waals surface area contributed by atoms with Gasteiger partial charge < -0.3 is 9.84 Å². The van der Waals surface area contributed by atoms with E-state index < -0.39 is 0 Å². The van der Waals surface area contributed by atoms with Crippen molar-refractivity contribution >= 4 is 0 Å². The number of aryl methyl sites for hydroxylation is 1. The van der Waals surface area contributed by atoms with E-state index in [2.05, 4.69) is 25.1 Å². The van der Waals surface area contributed by atoms with E-state index in [1.54, 1.807) is 7.11 Å². The summed E-state index contributed by atoms with van der Waals surface area (Å²) in [7, 11) is 1.73. The van der Waals surface area contributed by atoms with Gasteiger partial charge in [-0.2, -0.15) is 0 Å². The van der Waals surface area contributed by atoms with Gasteiger partial charge in [-0.1, -0.05) is 13.0 Å². The zero-order chi connectivity index (χ0) is 12.8. The first-order valence-electron chi connectivity index (χ1n) is 6.99. The predicted octanol–water partition coefficient (Wildman–Crippen LogP) is 3.06. The van der Waals surface area contributed by atoms with E-state index in [-0.39, 0.29) is 11.5 Å². The van der Waals surface area contributed by atoms with Gasteiger partial charge in [-0.25, -0.2) is 0 Å². The van der Waals surface area contributed by atoms with Crippen molar-refractivity contribution in [3.05, 3.63) is 29.3 Å². The summed E-state index contributed by atoms with van der Waals surface area (Å²) in [5.74, 6) is 1.59. The third kappa shape index (κ3) is 1.74. The molecule has 1 aromatic rings. The molecular formula is C16H22O2. The summed E-state index contributed by atoms with van der Waals surface area (Å²) in [6, 6.07) is 6.51. The maximum Gasteiger partial charge on any atom is 0.119 e.